The molecule has 2 aromatic heterocycles. The van der Waals surface area contributed by atoms with Crippen LogP contribution in [0.2, 0.25) is 0 Å². The molecule has 0 N–H and O–H groups in total. The third-order valence-corrected chi connectivity index (χ3v) is 29.2. The molecule has 0 bridgehead atoms. The topological polar surface area (TPSA) is 19.6 Å². The molecular formula is C125H84N2OS. The largest absolute Gasteiger partial charge is 0.456 e. The first-order chi connectivity index (χ1) is 63.7. The first kappa shape index (κ1) is 75.5. The smallest absolute Gasteiger partial charge is 0.135 e. The van der Waals surface area contributed by atoms with Crippen LogP contribution in [0.15, 0.2) is 478 Å². The van der Waals surface area contributed by atoms with Crippen LogP contribution in [0.1, 0.15) is 69.5 Å². The molecule has 0 unspecified atom stereocenters. The second kappa shape index (κ2) is 30.1. The summed E-state index contributed by atoms with van der Waals surface area (Å²) in [7, 11) is 0. The highest BCUT2D eigenvalue weighted by Gasteiger charge is 2.49. The summed E-state index contributed by atoms with van der Waals surface area (Å²) in [5.74, 6) is 0. The van der Waals surface area contributed by atoms with E-state index in [0.717, 1.165) is 83.9 Å². The Hall–Kier alpha value is -16.0. The SMILES string of the molecule is CC1(C)c2ccccc2-c2ccc(N(c3ccc(-c4cccc5c4-c4ccccc4C5(c4ccccc4)c4ccccc4)cc3)c3ccc4c(c3)C(c3ccccc3)(c3ccccc3)c3ccc(-c5ccc6c(c5)sc5ccc(-c7ccc(N(c8ccc(-c9ccc(-c%10ccccc%10)cc9)cc8)c8ccc(-c9ccc%10oc%11ccccc%11c%10c9)cc8)cc7)cc56)cc3-4)cc21. The predicted octanol–water partition coefficient (Wildman–Crippen LogP) is 33.9. The first-order valence-electron chi connectivity index (χ1n) is 44.7. The minimum absolute atomic E-state index is 0.226. The van der Waals surface area contributed by atoms with Gasteiger partial charge < -0.3 is 14.2 Å². The highest BCUT2D eigenvalue weighted by Crippen LogP contribution is 2.62. The lowest BCUT2D eigenvalue weighted by Crippen LogP contribution is -2.28. The van der Waals surface area contributed by atoms with Crippen molar-refractivity contribution >= 4 is 87.6 Å². The fourth-order valence-corrected chi connectivity index (χ4v) is 23.1. The highest BCUT2D eigenvalue weighted by molar-refractivity contribution is 7.25. The summed E-state index contributed by atoms with van der Waals surface area (Å²) >= 11 is 1.87. The Morgan fingerprint density at radius 3 is 1.16 bits per heavy atom. The van der Waals surface area contributed by atoms with Crippen LogP contribution in [0.3, 0.4) is 0 Å². The van der Waals surface area contributed by atoms with Gasteiger partial charge in [0.1, 0.15) is 11.2 Å². The third-order valence-electron chi connectivity index (χ3n) is 28.1. The maximum Gasteiger partial charge on any atom is 0.135 e. The normalized spacial score (nSPS) is 13.4. The van der Waals surface area contributed by atoms with E-state index >= 15 is 0 Å². The minimum atomic E-state index is -0.685. The summed E-state index contributed by atoms with van der Waals surface area (Å²) in [6.07, 6.45) is 0. The molecule has 606 valence electrons. The summed E-state index contributed by atoms with van der Waals surface area (Å²) in [6, 6.07) is 177. The Labute approximate surface area is 755 Å². The summed E-state index contributed by atoms with van der Waals surface area (Å²) in [4.78, 5) is 4.89. The number of hydrogen-bond donors (Lipinski definition) is 0. The van der Waals surface area contributed by atoms with Crippen LogP contribution >= 0.6 is 11.3 Å². The van der Waals surface area contributed by atoms with E-state index < -0.39 is 10.8 Å². The zero-order valence-corrected chi connectivity index (χ0v) is 72.1. The third kappa shape index (κ3) is 12.1. The number of nitrogens with zero attached hydrogens (tertiary/aromatic N) is 2. The Morgan fingerprint density at radius 1 is 0.194 bits per heavy atom. The lowest BCUT2D eigenvalue weighted by atomic mass is 9.67. The first-order valence-corrected chi connectivity index (χ1v) is 45.5. The molecule has 0 saturated carbocycles. The van der Waals surface area contributed by atoms with Crippen molar-refractivity contribution in [3.05, 3.63) is 529 Å². The lowest BCUT2D eigenvalue weighted by Gasteiger charge is -2.35. The Morgan fingerprint density at radius 2 is 0.566 bits per heavy atom. The van der Waals surface area contributed by atoms with Crippen LogP contribution in [0.4, 0.5) is 34.1 Å². The van der Waals surface area contributed by atoms with Crippen molar-refractivity contribution in [2.24, 2.45) is 0 Å². The zero-order chi connectivity index (χ0) is 85.5. The molecular weight excluding hydrogens is 1580 g/mol. The van der Waals surface area contributed by atoms with E-state index in [4.69, 9.17) is 4.42 Å². The number of thiophene rings is 1. The van der Waals surface area contributed by atoms with Gasteiger partial charge in [-0.3, -0.25) is 0 Å². The average molecular weight is 1660 g/mol. The van der Waals surface area contributed by atoms with E-state index in [1.54, 1.807) is 0 Å². The average Bonchev–Trinajstić information content (AvgIpc) is 1.54. The van der Waals surface area contributed by atoms with Gasteiger partial charge in [0.2, 0.25) is 0 Å². The molecule has 3 aliphatic carbocycles. The van der Waals surface area contributed by atoms with Crippen LogP contribution in [0.5, 0.6) is 0 Å². The molecule has 0 radical (unpaired) electrons. The van der Waals surface area contributed by atoms with Crippen LogP contribution in [0, 0.1) is 0 Å². The van der Waals surface area contributed by atoms with Gasteiger partial charge in [-0.1, -0.05) is 372 Å². The van der Waals surface area contributed by atoms with Crippen molar-refractivity contribution in [1.29, 1.82) is 0 Å². The Kier molecular flexibility index (Phi) is 17.7. The van der Waals surface area contributed by atoms with Crippen LogP contribution < -0.4 is 9.80 Å². The number of benzene rings is 20. The van der Waals surface area contributed by atoms with E-state index in [2.05, 4.69) is 485 Å². The molecule has 25 rings (SSSR count). The molecule has 129 heavy (non-hydrogen) atoms. The van der Waals surface area contributed by atoms with Crippen molar-refractivity contribution < 1.29 is 4.42 Å². The lowest BCUT2D eigenvalue weighted by molar-refractivity contribution is 0.660. The van der Waals surface area contributed by atoms with Gasteiger partial charge in [0.05, 0.1) is 10.8 Å². The van der Waals surface area contributed by atoms with Gasteiger partial charge in [-0.05, 0) is 271 Å². The van der Waals surface area contributed by atoms with Crippen molar-refractivity contribution in [3.63, 3.8) is 0 Å². The van der Waals surface area contributed by atoms with Crippen molar-refractivity contribution in [3.8, 4) is 100 Å². The molecule has 3 aliphatic rings. The summed E-state index contributed by atoms with van der Waals surface area (Å²) in [5.41, 5.74) is 41.3. The molecule has 0 amide bonds. The van der Waals surface area contributed by atoms with Gasteiger partial charge in [0.15, 0.2) is 0 Å². The number of rotatable bonds is 16. The predicted molar refractivity (Wildman–Crippen MR) is 541 cm³/mol. The monoisotopic (exact) mass is 1660 g/mol. The fourth-order valence-electron chi connectivity index (χ4n) is 22.0. The number of hydrogen-bond acceptors (Lipinski definition) is 4. The van der Waals surface area contributed by atoms with E-state index in [1.165, 1.54) is 148 Å². The fraction of sp³-hybridized carbons (Fsp3) is 0.0400. The molecule has 0 fully saturated rings. The maximum absolute atomic E-state index is 6.24. The van der Waals surface area contributed by atoms with Crippen LogP contribution in [0.25, 0.3) is 142 Å². The van der Waals surface area contributed by atoms with Gasteiger partial charge in [0.25, 0.3) is 0 Å². The number of furan rings is 1. The van der Waals surface area contributed by atoms with E-state index in [0.29, 0.717) is 0 Å². The minimum Gasteiger partial charge on any atom is -0.456 e. The van der Waals surface area contributed by atoms with Crippen molar-refractivity contribution in [2.75, 3.05) is 9.80 Å². The molecule has 0 aliphatic heterocycles. The standard InChI is InChI=1S/C125H84N2OS/c1-123(2)112-39-21-18-35-103(112)104-70-67-100(79-116(104)123)127(99-65-53-87(54-66-99)102-38-24-41-115-122(102)108-37-19-22-40-113(108)124(115,92-27-10-4-11-28-92)93-29-12-5-13-30-93)101-68-71-105-109-75-90(56-72-114(109)125(117(105)80-101,94-31-14-6-15-32-94)95-33-16-7-17-34-95)91-55-69-107-111-77-89(58-74-120(111)129-121(107)78-91)86-51-63-98(64-52-86)126(96-59-47-84(48-60-96)83-45-43-82(44-46-83)81-25-8-3-9-26-81)97-61-49-85(50-62-97)88-57-73-119-110(76-88)106-36-20-23-42-118(106)128-119/h3-80H,1-2H3. The van der Waals surface area contributed by atoms with Gasteiger partial charge in [-0.25, -0.2) is 0 Å². The quantitative estimate of drug-likeness (QED) is 0.0961. The Balaban J connectivity index is 0.570. The number of anilines is 6. The molecule has 4 heteroatoms. The molecule has 2 heterocycles. The number of fused-ring (bicyclic) bond motifs is 15. The van der Waals surface area contributed by atoms with Gasteiger partial charge in [0, 0.05) is 70.5 Å². The van der Waals surface area contributed by atoms with E-state index in [1.807, 2.05) is 23.5 Å². The van der Waals surface area contributed by atoms with Gasteiger partial charge in [-0.15, -0.1) is 11.3 Å². The molecule has 22 aromatic rings. The summed E-state index contributed by atoms with van der Waals surface area (Å²) < 4.78 is 8.76. The summed E-state index contributed by atoms with van der Waals surface area (Å²) in [5, 5.41) is 4.76. The van der Waals surface area contributed by atoms with Gasteiger partial charge >= 0.3 is 0 Å². The second-order valence-corrected chi connectivity index (χ2v) is 36.3. The van der Waals surface area contributed by atoms with Crippen LogP contribution in [-0.4, -0.2) is 0 Å². The second-order valence-electron chi connectivity index (χ2n) is 35.3. The zero-order valence-electron chi connectivity index (χ0n) is 71.2. The van der Waals surface area contributed by atoms with Crippen molar-refractivity contribution in [1.82, 2.24) is 0 Å². The molecule has 3 nitrogen and oxygen atoms in total. The maximum atomic E-state index is 6.24. The summed E-state index contributed by atoms with van der Waals surface area (Å²) in [6.45, 7) is 4.78. The van der Waals surface area contributed by atoms with Gasteiger partial charge in [-0.2, -0.15) is 0 Å². The highest BCUT2D eigenvalue weighted by atomic mass is 32.1. The Bertz CT molecular complexity index is 8060. The van der Waals surface area contributed by atoms with E-state index in [9.17, 15) is 0 Å². The van der Waals surface area contributed by atoms with E-state index in [-0.39, 0.29) is 5.41 Å². The molecule has 0 atom stereocenters. The van der Waals surface area contributed by atoms with Crippen LogP contribution in [-0.2, 0) is 16.2 Å². The molecule has 0 spiro atoms. The molecule has 20 aromatic carbocycles. The van der Waals surface area contributed by atoms with Crippen molar-refractivity contribution in [2.45, 2.75) is 30.1 Å². The molecule has 0 saturated heterocycles. The number of para-hydroxylation sites is 1.